The molecule has 0 aliphatic carbocycles. The van der Waals surface area contributed by atoms with Crippen LogP contribution in [0.15, 0.2) is 45.6 Å². The maximum Gasteiger partial charge on any atom is 0.354 e. The molecule has 0 radical (unpaired) electrons. The van der Waals surface area contributed by atoms with Crippen LogP contribution in [0, 0.1) is 0 Å². The zero-order chi connectivity index (χ0) is 22.5. The Balaban J connectivity index is 1.48. The van der Waals surface area contributed by atoms with Gasteiger partial charge < -0.3 is 14.2 Å². The van der Waals surface area contributed by atoms with Crippen molar-refractivity contribution in [2.45, 2.75) is 45.0 Å². The van der Waals surface area contributed by atoms with E-state index in [9.17, 15) is 14.4 Å². The normalized spacial score (nSPS) is 20.0. The van der Waals surface area contributed by atoms with Crippen molar-refractivity contribution in [3.63, 3.8) is 0 Å². The van der Waals surface area contributed by atoms with Crippen molar-refractivity contribution in [3.8, 4) is 11.4 Å². The van der Waals surface area contributed by atoms with Crippen LogP contribution in [-0.2, 0) is 20.9 Å². The Hall–Kier alpha value is -3.53. The summed E-state index contributed by atoms with van der Waals surface area (Å²) in [4.78, 5) is 46.9. The monoisotopic (exact) mass is 452 g/mol. The summed E-state index contributed by atoms with van der Waals surface area (Å²) in [5.41, 5.74) is 0.0684. The van der Waals surface area contributed by atoms with Gasteiger partial charge in [0.05, 0.1) is 11.3 Å². The topological polar surface area (TPSA) is 106 Å². The fourth-order valence-electron chi connectivity index (χ4n) is 4.44. The summed E-state index contributed by atoms with van der Waals surface area (Å²) in [7, 11) is 0. The van der Waals surface area contributed by atoms with Gasteiger partial charge in [0.15, 0.2) is 6.61 Å². The summed E-state index contributed by atoms with van der Waals surface area (Å²) in [6, 6.07) is 8.34. The van der Waals surface area contributed by atoms with E-state index >= 15 is 0 Å². The van der Waals surface area contributed by atoms with Crippen molar-refractivity contribution in [2.24, 2.45) is 0 Å². The van der Waals surface area contributed by atoms with E-state index < -0.39 is 11.6 Å². The summed E-state index contributed by atoms with van der Waals surface area (Å²) in [6.07, 6.45) is 0.274. The highest BCUT2D eigenvalue weighted by Crippen LogP contribution is 2.46. The Labute approximate surface area is 187 Å². The number of carbonyl (C=O) groups is 3. The Morgan fingerprint density at radius 3 is 2.84 bits per heavy atom. The maximum absolute atomic E-state index is 13.5. The molecule has 1 fully saturated rings. The predicted molar refractivity (Wildman–Crippen MR) is 115 cm³/mol. The second-order valence-electron chi connectivity index (χ2n) is 7.93. The number of para-hydroxylation sites is 1. The van der Waals surface area contributed by atoms with Crippen LogP contribution in [0.1, 0.15) is 42.9 Å². The van der Waals surface area contributed by atoms with Crippen LogP contribution in [0.25, 0.3) is 11.4 Å². The number of aromatic nitrogens is 2. The van der Waals surface area contributed by atoms with Gasteiger partial charge in [0.2, 0.25) is 17.4 Å². The number of benzene rings is 1. The molecule has 3 aromatic rings. The van der Waals surface area contributed by atoms with Gasteiger partial charge in [-0.25, -0.2) is 4.79 Å². The van der Waals surface area contributed by atoms with Crippen LogP contribution in [0.5, 0.6) is 0 Å². The number of thiophene rings is 1. The standard InChI is InChI=1S/C22H20N4O5S/c1-13(2)25-20(28)15-5-3-4-6-16(15)26-18(27)7-9-22(25,26)21(29)30-11-17-23-19(24-31-17)14-8-10-32-12-14/h3-6,8,10,12-13H,7,9,11H2,1-2H3. The molecule has 0 spiro atoms. The molecule has 2 aliphatic rings. The first-order valence-electron chi connectivity index (χ1n) is 10.2. The SMILES string of the molecule is CC(C)N1C(=O)c2ccccc2N2C(=O)CCC21C(=O)OCc1nc(-c2ccsc2)no1. The fraction of sp³-hybridized carbons (Fsp3) is 0.318. The number of fused-ring (bicyclic) bond motifs is 3. The van der Waals surface area contributed by atoms with E-state index in [1.54, 1.807) is 24.3 Å². The molecule has 10 heteroatoms. The van der Waals surface area contributed by atoms with Gasteiger partial charge in [0, 0.05) is 29.8 Å². The number of anilines is 1. The molecular formula is C22H20N4O5S. The Morgan fingerprint density at radius 1 is 1.28 bits per heavy atom. The molecule has 1 aromatic carbocycles. The molecule has 0 saturated carbocycles. The van der Waals surface area contributed by atoms with E-state index in [4.69, 9.17) is 9.26 Å². The lowest BCUT2D eigenvalue weighted by molar-refractivity contribution is -0.160. The highest BCUT2D eigenvalue weighted by Gasteiger charge is 2.62. The van der Waals surface area contributed by atoms with E-state index in [2.05, 4.69) is 10.1 Å². The fourth-order valence-corrected chi connectivity index (χ4v) is 5.07. The van der Waals surface area contributed by atoms with Crippen LogP contribution in [0.4, 0.5) is 5.69 Å². The third kappa shape index (κ3) is 2.94. The first-order valence-corrected chi connectivity index (χ1v) is 11.2. The molecule has 2 aromatic heterocycles. The van der Waals surface area contributed by atoms with Crippen molar-refractivity contribution in [2.75, 3.05) is 4.90 Å². The second-order valence-corrected chi connectivity index (χ2v) is 8.71. The number of hydrogen-bond acceptors (Lipinski definition) is 8. The van der Waals surface area contributed by atoms with Gasteiger partial charge in [-0.3, -0.25) is 14.5 Å². The van der Waals surface area contributed by atoms with E-state index in [0.29, 0.717) is 17.1 Å². The van der Waals surface area contributed by atoms with E-state index in [1.807, 2.05) is 30.7 Å². The number of ether oxygens (including phenoxy) is 1. The minimum absolute atomic E-state index is 0.128. The minimum Gasteiger partial charge on any atom is -0.452 e. The predicted octanol–water partition coefficient (Wildman–Crippen LogP) is 3.23. The first kappa shape index (κ1) is 20.4. The maximum atomic E-state index is 13.5. The van der Waals surface area contributed by atoms with Crippen LogP contribution in [0.2, 0.25) is 0 Å². The van der Waals surface area contributed by atoms with Crippen LogP contribution in [-0.4, -0.2) is 44.5 Å². The van der Waals surface area contributed by atoms with Crippen LogP contribution in [0.3, 0.4) is 0 Å². The van der Waals surface area contributed by atoms with Gasteiger partial charge in [-0.05, 0) is 37.4 Å². The lowest BCUT2D eigenvalue weighted by Gasteiger charge is -2.50. The molecule has 4 heterocycles. The highest BCUT2D eigenvalue weighted by atomic mass is 32.1. The Morgan fingerprint density at radius 2 is 2.09 bits per heavy atom. The van der Waals surface area contributed by atoms with E-state index in [0.717, 1.165) is 5.56 Å². The van der Waals surface area contributed by atoms with Gasteiger partial charge >= 0.3 is 5.97 Å². The van der Waals surface area contributed by atoms with Gasteiger partial charge in [-0.2, -0.15) is 16.3 Å². The third-order valence-electron chi connectivity index (χ3n) is 5.72. The van der Waals surface area contributed by atoms with Crippen molar-refractivity contribution in [1.82, 2.24) is 15.0 Å². The smallest absolute Gasteiger partial charge is 0.354 e. The van der Waals surface area contributed by atoms with Crippen molar-refractivity contribution in [1.29, 1.82) is 0 Å². The molecule has 1 unspecified atom stereocenters. The molecule has 2 aliphatic heterocycles. The molecule has 1 atom stereocenters. The van der Waals surface area contributed by atoms with Crippen molar-refractivity contribution < 1.29 is 23.6 Å². The quantitative estimate of drug-likeness (QED) is 0.547. The van der Waals surface area contributed by atoms with Crippen molar-refractivity contribution >= 4 is 34.8 Å². The average molecular weight is 452 g/mol. The molecular weight excluding hydrogens is 432 g/mol. The zero-order valence-electron chi connectivity index (χ0n) is 17.5. The van der Waals surface area contributed by atoms with Gasteiger partial charge in [-0.1, -0.05) is 17.3 Å². The van der Waals surface area contributed by atoms with Crippen LogP contribution >= 0.6 is 11.3 Å². The van der Waals surface area contributed by atoms with E-state index in [1.165, 1.54) is 21.1 Å². The molecule has 0 N–H and O–H groups in total. The summed E-state index contributed by atoms with van der Waals surface area (Å²) in [6.45, 7) is 3.36. The lowest BCUT2D eigenvalue weighted by Crippen LogP contribution is -2.70. The number of carbonyl (C=O) groups excluding carboxylic acids is 3. The zero-order valence-corrected chi connectivity index (χ0v) is 18.3. The Bertz CT molecular complexity index is 1200. The molecule has 5 rings (SSSR count). The molecule has 1 saturated heterocycles. The van der Waals surface area contributed by atoms with Gasteiger partial charge in [-0.15, -0.1) is 0 Å². The first-order chi connectivity index (χ1) is 15.4. The summed E-state index contributed by atoms with van der Waals surface area (Å²) >= 11 is 1.51. The second kappa shape index (κ2) is 7.56. The Kier molecular flexibility index (Phi) is 4.81. The van der Waals surface area contributed by atoms with Gasteiger partial charge in [0.1, 0.15) is 0 Å². The van der Waals surface area contributed by atoms with Crippen molar-refractivity contribution in [3.05, 3.63) is 52.5 Å². The average Bonchev–Trinajstić information content (AvgIpc) is 3.52. The lowest BCUT2D eigenvalue weighted by atomic mass is 9.95. The summed E-state index contributed by atoms with van der Waals surface area (Å²) in [5, 5.41) is 7.69. The largest absolute Gasteiger partial charge is 0.452 e. The molecule has 164 valence electrons. The third-order valence-corrected chi connectivity index (χ3v) is 6.40. The number of esters is 1. The molecule has 2 amide bonds. The van der Waals surface area contributed by atoms with Gasteiger partial charge in [0.25, 0.3) is 11.8 Å². The van der Waals surface area contributed by atoms with Crippen LogP contribution < -0.4 is 4.90 Å². The number of amides is 2. The summed E-state index contributed by atoms with van der Waals surface area (Å²) < 4.78 is 10.8. The number of nitrogens with zero attached hydrogens (tertiary/aromatic N) is 4. The number of hydrogen-bond donors (Lipinski definition) is 0. The van der Waals surface area contributed by atoms with E-state index in [-0.39, 0.29) is 43.2 Å². The minimum atomic E-state index is -1.55. The number of rotatable bonds is 5. The molecule has 9 nitrogen and oxygen atoms in total. The highest BCUT2D eigenvalue weighted by molar-refractivity contribution is 7.08. The summed E-state index contributed by atoms with van der Waals surface area (Å²) in [5.74, 6) is -0.708. The molecule has 32 heavy (non-hydrogen) atoms. The molecule has 0 bridgehead atoms.